The number of para-hydroxylation sites is 2. The molecule has 4 aromatic rings. The van der Waals surface area contributed by atoms with Gasteiger partial charge in [-0.3, -0.25) is 4.79 Å². The van der Waals surface area contributed by atoms with E-state index >= 15 is 0 Å². The summed E-state index contributed by atoms with van der Waals surface area (Å²) in [5.74, 6) is 1.57. The molecule has 0 spiro atoms. The van der Waals surface area contributed by atoms with Crippen LogP contribution >= 0.6 is 11.8 Å². The number of ether oxygens (including phenoxy) is 2. The molecule has 1 heterocycles. The van der Waals surface area contributed by atoms with Gasteiger partial charge in [0, 0.05) is 24.9 Å². The lowest BCUT2D eigenvalue weighted by molar-refractivity contribution is -0.113. The molecule has 35 heavy (non-hydrogen) atoms. The third-order valence-electron chi connectivity index (χ3n) is 5.39. The van der Waals surface area contributed by atoms with Crippen LogP contribution in [0, 0.1) is 6.92 Å². The van der Waals surface area contributed by atoms with Gasteiger partial charge in [0.15, 0.2) is 11.0 Å². The summed E-state index contributed by atoms with van der Waals surface area (Å²) in [6.07, 6.45) is 0. The number of aromatic nitrogens is 3. The van der Waals surface area contributed by atoms with Crippen molar-refractivity contribution in [1.29, 1.82) is 0 Å². The zero-order valence-electron chi connectivity index (χ0n) is 19.8. The average molecular weight is 489 g/mol. The van der Waals surface area contributed by atoms with Crippen molar-refractivity contribution in [2.24, 2.45) is 0 Å². The second-order valence-corrected chi connectivity index (χ2v) is 8.79. The van der Waals surface area contributed by atoms with Crippen molar-refractivity contribution in [1.82, 2.24) is 14.8 Å². The molecule has 0 saturated carbocycles. The lowest BCUT2D eigenvalue weighted by Crippen LogP contribution is -2.16. The van der Waals surface area contributed by atoms with E-state index in [1.165, 1.54) is 11.8 Å². The molecule has 4 rings (SSSR count). The largest absolute Gasteiger partial charge is 0.485 e. The minimum absolute atomic E-state index is 0.0971. The van der Waals surface area contributed by atoms with Gasteiger partial charge in [-0.15, -0.1) is 10.2 Å². The summed E-state index contributed by atoms with van der Waals surface area (Å²) in [4.78, 5) is 12.5. The number of benzene rings is 3. The van der Waals surface area contributed by atoms with E-state index < -0.39 is 0 Å². The summed E-state index contributed by atoms with van der Waals surface area (Å²) >= 11 is 1.34. The van der Waals surface area contributed by atoms with E-state index in [4.69, 9.17) is 9.47 Å². The van der Waals surface area contributed by atoms with Gasteiger partial charge in [0.05, 0.1) is 12.4 Å². The molecule has 0 aliphatic carbocycles. The molecule has 0 fully saturated rings. The van der Waals surface area contributed by atoms with Gasteiger partial charge < -0.3 is 19.4 Å². The second-order valence-electron chi connectivity index (χ2n) is 7.85. The predicted octanol–water partition coefficient (Wildman–Crippen LogP) is 5.21. The van der Waals surface area contributed by atoms with Gasteiger partial charge in [0.2, 0.25) is 5.91 Å². The molecule has 8 heteroatoms. The molecular formula is C27H28N4O3S. The van der Waals surface area contributed by atoms with Crippen molar-refractivity contribution >= 4 is 23.4 Å². The number of amides is 1. The van der Waals surface area contributed by atoms with Crippen LogP contribution in [0.1, 0.15) is 11.4 Å². The van der Waals surface area contributed by atoms with Crippen molar-refractivity contribution in [2.75, 3.05) is 24.8 Å². The summed E-state index contributed by atoms with van der Waals surface area (Å²) < 4.78 is 13.4. The van der Waals surface area contributed by atoms with Gasteiger partial charge >= 0.3 is 0 Å². The van der Waals surface area contributed by atoms with Gasteiger partial charge in [0.1, 0.15) is 12.4 Å². The number of carbonyl (C=O) groups excluding carboxylic acids is 1. The average Bonchev–Trinajstić information content (AvgIpc) is 3.28. The summed E-state index contributed by atoms with van der Waals surface area (Å²) in [5.41, 5.74) is 3.92. The Morgan fingerprint density at radius 1 is 0.971 bits per heavy atom. The molecular weight excluding hydrogens is 460 g/mol. The summed E-state index contributed by atoms with van der Waals surface area (Å²) in [5, 5.41) is 12.3. The Bertz CT molecular complexity index is 1260. The first kappa shape index (κ1) is 24.5. The van der Waals surface area contributed by atoms with Crippen LogP contribution in [-0.4, -0.2) is 40.1 Å². The molecule has 0 bridgehead atoms. The summed E-state index contributed by atoms with van der Waals surface area (Å²) in [7, 11) is 1.65. The fourth-order valence-corrected chi connectivity index (χ4v) is 4.34. The van der Waals surface area contributed by atoms with Gasteiger partial charge in [-0.1, -0.05) is 78.5 Å². The van der Waals surface area contributed by atoms with Gasteiger partial charge in [-0.25, -0.2) is 0 Å². The van der Waals surface area contributed by atoms with E-state index in [0.717, 1.165) is 28.1 Å². The van der Waals surface area contributed by atoms with Crippen molar-refractivity contribution in [2.45, 2.75) is 25.2 Å². The topological polar surface area (TPSA) is 78.3 Å². The third-order valence-corrected chi connectivity index (χ3v) is 6.36. The highest BCUT2D eigenvalue weighted by atomic mass is 32.2. The predicted molar refractivity (Wildman–Crippen MR) is 139 cm³/mol. The Morgan fingerprint density at radius 3 is 2.51 bits per heavy atom. The third kappa shape index (κ3) is 6.49. The number of methoxy groups -OCH3 is 1. The summed E-state index contributed by atoms with van der Waals surface area (Å²) in [6, 6.07) is 25.7. The molecule has 0 aliphatic rings. The quantitative estimate of drug-likeness (QED) is 0.292. The van der Waals surface area contributed by atoms with Crippen molar-refractivity contribution in [3.05, 3.63) is 90.3 Å². The van der Waals surface area contributed by atoms with E-state index in [-0.39, 0.29) is 18.3 Å². The number of hydrogen-bond acceptors (Lipinski definition) is 6. The zero-order valence-corrected chi connectivity index (χ0v) is 20.6. The lowest BCUT2D eigenvalue weighted by atomic mass is 10.1. The van der Waals surface area contributed by atoms with Gasteiger partial charge in [-0.2, -0.15) is 0 Å². The maximum atomic E-state index is 12.5. The van der Waals surface area contributed by atoms with Crippen LogP contribution in [0.4, 0.5) is 5.69 Å². The first-order valence-electron chi connectivity index (χ1n) is 11.3. The standard InChI is InChI=1S/C27H28N4O3S/c1-20-10-6-8-14-23(20)28-26(32)19-35-27-30-29-25(31(27)16-17-33-2)18-34-24-15-9-7-13-22(24)21-11-4-3-5-12-21/h3-15H,16-19H2,1-2H3,(H,28,32). The van der Waals surface area contributed by atoms with Crippen molar-refractivity contribution in [3.63, 3.8) is 0 Å². The molecule has 0 unspecified atom stereocenters. The van der Waals surface area contributed by atoms with E-state index in [0.29, 0.717) is 24.1 Å². The molecule has 3 aromatic carbocycles. The molecule has 1 N–H and O–H groups in total. The van der Waals surface area contributed by atoms with Crippen LogP contribution in [0.15, 0.2) is 84.0 Å². The number of anilines is 1. The Balaban J connectivity index is 1.44. The summed E-state index contributed by atoms with van der Waals surface area (Å²) in [6.45, 7) is 3.27. The molecule has 180 valence electrons. The van der Waals surface area contributed by atoms with Gasteiger partial charge in [0.25, 0.3) is 0 Å². The zero-order chi connectivity index (χ0) is 24.5. The Labute approximate surface area is 209 Å². The number of carbonyl (C=O) groups is 1. The fraction of sp³-hybridized carbons (Fsp3) is 0.222. The number of nitrogens with one attached hydrogen (secondary N) is 1. The van der Waals surface area contributed by atoms with E-state index in [1.807, 2.05) is 78.2 Å². The molecule has 7 nitrogen and oxygen atoms in total. The molecule has 0 radical (unpaired) electrons. The van der Waals surface area contributed by atoms with Crippen LogP contribution in [0.25, 0.3) is 11.1 Å². The second kappa shape index (κ2) is 12.2. The highest BCUT2D eigenvalue weighted by molar-refractivity contribution is 7.99. The number of aryl methyl sites for hydroxylation is 1. The van der Waals surface area contributed by atoms with E-state index in [2.05, 4.69) is 27.6 Å². The minimum atomic E-state index is -0.0971. The highest BCUT2D eigenvalue weighted by Gasteiger charge is 2.16. The SMILES string of the molecule is COCCn1c(COc2ccccc2-c2ccccc2)nnc1SCC(=O)Nc1ccccc1C. The number of rotatable bonds is 11. The molecule has 1 aromatic heterocycles. The number of hydrogen-bond donors (Lipinski definition) is 1. The van der Waals surface area contributed by atoms with E-state index in [1.54, 1.807) is 7.11 Å². The van der Waals surface area contributed by atoms with Crippen LogP contribution in [0.5, 0.6) is 5.75 Å². The van der Waals surface area contributed by atoms with Crippen LogP contribution in [0.3, 0.4) is 0 Å². The maximum absolute atomic E-state index is 12.5. The number of nitrogens with zero attached hydrogens (tertiary/aromatic N) is 3. The maximum Gasteiger partial charge on any atom is 0.234 e. The minimum Gasteiger partial charge on any atom is -0.485 e. The Morgan fingerprint density at radius 2 is 1.71 bits per heavy atom. The molecule has 0 saturated heterocycles. The Kier molecular flexibility index (Phi) is 8.53. The van der Waals surface area contributed by atoms with E-state index in [9.17, 15) is 4.79 Å². The van der Waals surface area contributed by atoms with Crippen LogP contribution in [-0.2, 0) is 22.7 Å². The smallest absolute Gasteiger partial charge is 0.234 e. The first-order valence-corrected chi connectivity index (χ1v) is 12.3. The van der Waals surface area contributed by atoms with Crippen molar-refractivity contribution < 1.29 is 14.3 Å². The number of thioether (sulfide) groups is 1. The molecule has 0 aliphatic heterocycles. The first-order chi connectivity index (χ1) is 17.2. The van der Waals surface area contributed by atoms with Crippen LogP contribution < -0.4 is 10.1 Å². The molecule has 1 amide bonds. The fourth-order valence-electron chi connectivity index (χ4n) is 3.56. The van der Waals surface area contributed by atoms with Crippen molar-refractivity contribution in [3.8, 4) is 16.9 Å². The molecule has 0 atom stereocenters. The Hall–Kier alpha value is -3.62. The highest BCUT2D eigenvalue weighted by Crippen LogP contribution is 2.30. The van der Waals surface area contributed by atoms with Crippen LogP contribution in [0.2, 0.25) is 0 Å². The lowest BCUT2D eigenvalue weighted by Gasteiger charge is -2.13. The van der Waals surface area contributed by atoms with Gasteiger partial charge in [-0.05, 0) is 30.2 Å². The normalized spacial score (nSPS) is 10.8. The monoisotopic (exact) mass is 488 g/mol.